The molecule has 1 aromatic heterocycles. The number of fused-ring (bicyclic) bond motifs is 1. The predicted octanol–water partition coefficient (Wildman–Crippen LogP) is 3.14. The zero-order valence-corrected chi connectivity index (χ0v) is 11.8. The van der Waals surface area contributed by atoms with Gasteiger partial charge in [-0.1, -0.05) is 18.2 Å². The standard InChI is InChI=1S/C17H17N3O/c1-18-11-12-4-2-5-13(10-12)20-17(21)15-6-3-7-16-14(15)8-9-19-16/h2-10,18-19H,11H2,1H3,(H,20,21). The summed E-state index contributed by atoms with van der Waals surface area (Å²) in [5.41, 5.74) is 3.58. The van der Waals surface area contributed by atoms with Crippen LogP contribution in [0.25, 0.3) is 10.9 Å². The molecule has 0 fully saturated rings. The minimum atomic E-state index is -0.0955. The number of nitrogens with one attached hydrogen (secondary N) is 3. The van der Waals surface area contributed by atoms with E-state index in [2.05, 4.69) is 15.6 Å². The van der Waals surface area contributed by atoms with E-state index in [0.29, 0.717) is 5.56 Å². The molecule has 0 unspecified atom stereocenters. The van der Waals surface area contributed by atoms with E-state index in [4.69, 9.17) is 0 Å². The Morgan fingerprint density at radius 1 is 1.14 bits per heavy atom. The predicted molar refractivity (Wildman–Crippen MR) is 85.5 cm³/mol. The van der Waals surface area contributed by atoms with Crippen molar-refractivity contribution in [3.05, 3.63) is 65.9 Å². The highest BCUT2D eigenvalue weighted by atomic mass is 16.1. The van der Waals surface area contributed by atoms with E-state index >= 15 is 0 Å². The van der Waals surface area contributed by atoms with Crippen molar-refractivity contribution in [2.45, 2.75) is 6.54 Å². The number of carbonyl (C=O) groups excluding carboxylic acids is 1. The van der Waals surface area contributed by atoms with Gasteiger partial charge in [-0.2, -0.15) is 0 Å². The summed E-state index contributed by atoms with van der Waals surface area (Å²) in [5.74, 6) is -0.0955. The molecule has 0 bridgehead atoms. The first-order valence-electron chi connectivity index (χ1n) is 6.89. The SMILES string of the molecule is CNCc1cccc(NC(=O)c2cccc3[nH]ccc23)c1. The van der Waals surface area contributed by atoms with Gasteiger partial charge in [-0.3, -0.25) is 4.79 Å². The van der Waals surface area contributed by atoms with E-state index in [0.717, 1.165) is 28.7 Å². The van der Waals surface area contributed by atoms with Gasteiger partial charge >= 0.3 is 0 Å². The number of anilines is 1. The lowest BCUT2D eigenvalue weighted by atomic mass is 10.1. The third-order valence-electron chi connectivity index (χ3n) is 3.41. The van der Waals surface area contributed by atoms with Crippen LogP contribution in [0.5, 0.6) is 0 Å². The van der Waals surface area contributed by atoms with Gasteiger partial charge in [0.1, 0.15) is 0 Å². The molecule has 0 aliphatic carbocycles. The molecular formula is C17H17N3O. The molecule has 0 spiro atoms. The molecule has 0 saturated carbocycles. The minimum absolute atomic E-state index is 0.0955. The van der Waals surface area contributed by atoms with Crippen LogP contribution < -0.4 is 10.6 Å². The Bertz CT molecular complexity index is 776. The Labute approximate surface area is 123 Å². The summed E-state index contributed by atoms with van der Waals surface area (Å²) in [6.45, 7) is 0.775. The van der Waals surface area contributed by atoms with E-state index in [1.807, 2.05) is 61.8 Å². The number of rotatable bonds is 4. The van der Waals surface area contributed by atoms with Crippen LogP contribution in [0.3, 0.4) is 0 Å². The minimum Gasteiger partial charge on any atom is -0.361 e. The maximum atomic E-state index is 12.5. The number of H-pyrrole nitrogens is 1. The Morgan fingerprint density at radius 2 is 2.00 bits per heavy atom. The van der Waals surface area contributed by atoms with Gasteiger partial charge in [-0.05, 0) is 42.9 Å². The molecule has 1 heterocycles. The Kier molecular flexibility index (Phi) is 3.71. The second kappa shape index (κ2) is 5.81. The summed E-state index contributed by atoms with van der Waals surface area (Å²) in [4.78, 5) is 15.6. The molecule has 1 amide bonds. The molecule has 3 rings (SSSR count). The highest BCUT2D eigenvalue weighted by molar-refractivity contribution is 6.12. The van der Waals surface area contributed by atoms with E-state index in [1.54, 1.807) is 0 Å². The van der Waals surface area contributed by atoms with Crippen molar-refractivity contribution in [3.63, 3.8) is 0 Å². The summed E-state index contributed by atoms with van der Waals surface area (Å²) >= 11 is 0. The van der Waals surface area contributed by atoms with Crippen LogP contribution in [-0.4, -0.2) is 17.9 Å². The molecule has 2 aromatic carbocycles. The van der Waals surface area contributed by atoms with Crippen LogP contribution in [0.2, 0.25) is 0 Å². The van der Waals surface area contributed by atoms with Crippen LogP contribution >= 0.6 is 0 Å². The molecule has 0 saturated heterocycles. The van der Waals surface area contributed by atoms with Crippen molar-refractivity contribution in [1.82, 2.24) is 10.3 Å². The van der Waals surface area contributed by atoms with Crippen molar-refractivity contribution in [2.24, 2.45) is 0 Å². The quantitative estimate of drug-likeness (QED) is 0.687. The molecule has 0 aliphatic heterocycles. The average Bonchev–Trinajstić information content (AvgIpc) is 2.96. The van der Waals surface area contributed by atoms with E-state index in [9.17, 15) is 4.79 Å². The first-order chi connectivity index (χ1) is 10.3. The Morgan fingerprint density at radius 3 is 2.86 bits per heavy atom. The van der Waals surface area contributed by atoms with Gasteiger partial charge in [0, 0.05) is 34.9 Å². The number of aromatic amines is 1. The Balaban J connectivity index is 1.86. The van der Waals surface area contributed by atoms with Gasteiger partial charge < -0.3 is 15.6 Å². The lowest BCUT2D eigenvalue weighted by molar-refractivity contribution is 0.102. The first-order valence-corrected chi connectivity index (χ1v) is 6.89. The molecule has 0 atom stereocenters. The smallest absolute Gasteiger partial charge is 0.256 e. The van der Waals surface area contributed by atoms with Crippen molar-refractivity contribution >= 4 is 22.5 Å². The van der Waals surface area contributed by atoms with Crippen LogP contribution in [0.4, 0.5) is 5.69 Å². The molecule has 4 nitrogen and oxygen atoms in total. The molecule has 3 aromatic rings. The van der Waals surface area contributed by atoms with Gasteiger partial charge in [0.25, 0.3) is 5.91 Å². The maximum Gasteiger partial charge on any atom is 0.256 e. The molecule has 0 aliphatic rings. The summed E-state index contributed by atoms with van der Waals surface area (Å²) < 4.78 is 0. The fourth-order valence-electron chi connectivity index (χ4n) is 2.45. The Hall–Kier alpha value is -2.59. The second-order valence-corrected chi connectivity index (χ2v) is 4.93. The van der Waals surface area contributed by atoms with Gasteiger partial charge in [-0.25, -0.2) is 0 Å². The van der Waals surface area contributed by atoms with Crippen molar-refractivity contribution in [2.75, 3.05) is 12.4 Å². The van der Waals surface area contributed by atoms with E-state index in [-0.39, 0.29) is 5.91 Å². The summed E-state index contributed by atoms with van der Waals surface area (Å²) in [6.07, 6.45) is 1.84. The number of carbonyl (C=O) groups is 1. The topological polar surface area (TPSA) is 56.9 Å². The van der Waals surface area contributed by atoms with Crippen LogP contribution in [0.15, 0.2) is 54.7 Å². The largest absolute Gasteiger partial charge is 0.361 e. The highest BCUT2D eigenvalue weighted by Gasteiger charge is 2.10. The van der Waals surface area contributed by atoms with Crippen LogP contribution in [0.1, 0.15) is 15.9 Å². The second-order valence-electron chi connectivity index (χ2n) is 4.93. The average molecular weight is 279 g/mol. The third-order valence-corrected chi connectivity index (χ3v) is 3.41. The number of hydrogen-bond acceptors (Lipinski definition) is 2. The normalized spacial score (nSPS) is 10.7. The van der Waals surface area contributed by atoms with Gasteiger partial charge in [0.15, 0.2) is 0 Å². The summed E-state index contributed by atoms with van der Waals surface area (Å²) in [6, 6.07) is 15.4. The number of aromatic nitrogens is 1. The number of benzene rings is 2. The van der Waals surface area contributed by atoms with E-state index < -0.39 is 0 Å². The summed E-state index contributed by atoms with van der Waals surface area (Å²) in [7, 11) is 1.90. The number of hydrogen-bond donors (Lipinski definition) is 3. The molecule has 0 radical (unpaired) electrons. The lowest BCUT2D eigenvalue weighted by Gasteiger charge is -2.08. The number of amides is 1. The van der Waals surface area contributed by atoms with E-state index in [1.165, 1.54) is 0 Å². The van der Waals surface area contributed by atoms with Crippen molar-refractivity contribution in [3.8, 4) is 0 Å². The molecular weight excluding hydrogens is 262 g/mol. The summed E-state index contributed by atoms with van der Waals surface area (Å²) in [5, 5.41) is 6.99. The molecule has 3 N–H and O–H groups in total. The van der Waals surface area contributed by atoms with Crippen molar-refractivity contribution in [1.29, 1.82) is 0 Å². The van der Waals surface area contributed by atoms with Crippen LogP contribution in [-0.2, 0) is 6.54 Å². The fraction of sp³-hybridized carbons (Fsp3) is 0.118. The molecule has 106 valence electrons. The van der Waals surface area contributed by atoms with Gasteiger partial charge in [-0.15, -0.1) is 0 Å². The highest BCUT2D eigenvalue weighted by Crippen LogP contribution is 2.19. The molecule has 21 heavy (non-hydrogen) atoms. The van der Waals surface area contributed by atoms with Gasteiger partial charge in [0.2, 0.25) is 0 Å². The third kappa shape index (κ3) is 2.80. The lowest BCUT2D eigenvalue weighted by Crippen LogP contribution is -2.13. The van der Waals surface area contributed by atoms with Crippen LogP contribution in [0, 0.1) is 0 Å². The zero-order chi connectivity index (χ0) is 14.7. The first kappa shape index (κ1) is 13.4. The molecule has 4 heteroatoms. The monoisotopic (exact) mass is 279 g/mol. The van der Waals surface area contributed by atoms with Gasteiger partial charge in [0.05, 0.1) is 0 Å². The fourth-order valence-corrected chi connectivity index (χ4v) is 2.45. The maximum absolute atomic E-state index is 12.5. The van der Waals surface area contributed by atoms with Crippen molar-refractivity contribution < 1.29 is 4.79 Å². The zero-order valence-electron chi connectivity index (χ0n) is 11.8.